The zero-order valence-electron chi connectivity index (χ0n) is 8.48. The monoisotopic (exact) mass is 192 g/mol. The zero-order chi connectivity index (χ0) is 9.97. The maximum absolute atomic E-state index is 5.62. The minimum absolute atomic E-state index is 0.430. The van der Waals surface area contributed by atoms with E-state index in [0.717, 1.165) is 31.6 Å². The number of hydrogen-bond donors (Lipinski definition) is 1. The highest BCUT2D eigenvalue weighted by Crippen LogP contribution is 2.28. The Balaban J connectivity index is 2.31. The van der Waals surface area contributed by atoms with Crippen LogP contribution in [-0.2, 0) is 6.42 Å². The maximum Gasteiger partial charge on any atom is 0.0691 e. The average molecular weight is 192 g/mol. The SMILES string of the molecule is CN1CCc2nnccc2C1CCN. The van der Waals surface area contributed by atoms with Crippen LogP contribution in [0.25, 0.3) is 0 Å². The van der Waals surface area contributed by atoms with Crippen molar-refractivity contribution in [2.45, 2.75) is 18.9 Å². The first-order valence-corrected chi connectivity index (χ1v) is 5.03. The van der Waals surface area contributed by atoms with E-state index in [1.807, 2.05) is 0 Å². The first-order chi connectivity index (χ1) is 6.83. The van der Waals surface area contributed by atoms with E-state index in [9.17, 15) is 0 Å². The predicted molar refractivity (Wildman–Crippen MR) is 54.8 cm³/mol. The fourth-order valence-corrected chi connectivity index (χ4v) is 2.08. The molecule has 2 rings (SSSR count). The van der Waals surface area contributed by atoms with Crippen LogP contribution in [0, 0.1) is 0 Å². The van der Waals surface area contributed by atoms with Crippen molar-refractivity contribution in [1.82, 2.24) is 15.1 Å². The van der Waals surface area contributed by atoms with E-state index in [2.05, 4.69) is 28.2 Å². The molecule has 1 aromatic rings. The normalized spacial score (nSPS) is 22.0. The molecule has 0 fully saturated rings. The molecule has 14 heavy (non-hydrogen) atoms. The van der Waals surface area contributed by atoms with Crippen LogP contribution in [0.5, 0.6) is 0 Å². The summed E-state index contributed by atoms with van der Waals surface area (Å²) < 4.78 is 0. The Morgan fingerprint density at radius 2 is 2.50 bits per heavy atom. The summed E-state index contributed by atoms with van der Waals surface area (Å²) in [6, 6.07) is 2.50. The van der Waals surface area contributed by atoms with E-state index in [0.29, 0.717) is 6.04 Å². The van der Waals surface area contributed by atoms with Gasteiger partial charge in [0.2, 0.25) is 0 Å². The Morgan fingerprint density at radius 1 is 1.64 bits per heavy atom. The van der Waals surface area contributed by atoms with E-state index in [1.54, 1.807) is 6.20 Å². The van der Waals surface area contributed by atoms with E-state index >= 15 is 0 Å². The topological polar surface area (TPSA) is 55.0 Å². The predicted octanol–water partition coefficient (Wildman–Crippen LogP) is 0.354. The first-order valence-electron chi connectivity index (χ1n) is 5.03. The molecule has 2 N–H and O–H groups in total. The molecular formula is C10H16N4. The summed E-state index contributed by atoms with van der Waals surface area (Å²) in [5.41, 5.74) is 8.06. The summed E-state index contributed by atoms with van der Waals surface area (Å²) in [5.74, 6) is 0. The van der Waals surface area contributed by atoms with Gasteiger partial charge in [-0.15, -0.1) is 0 Å². The van der Waals surface area contributed by atoms with Gasteiger partial charge in [0.15, 0.2) is 0 Å². The molecule has 1 atom stereocenters. The van der Waals surface area contributed by atoms with Crippen molar-refractivity contribution in [3.63, 3.8) is 0 Å². The summed E-state index contributed by atoms with van der Waals surface area (Å²) in [7, 11) is 2.14. The molecule has 76 valence electrons. The lowest BCUT2D eigenvalue weighted by Crippen LogP contribution is -2.34. The zero-order valence-corrected chi connectivity index (χ0v) is 8.48. The lowest BCUT2D eigenvalue weighted by Gasteiger charge is -2.33. The van der Waals surface area contributed by atoms with Gasteiger partial charge >= 0.3 is 0 Å². The van der Waals surface area contributed by atoms with Crippen LogP contribution in [0.15, 0.2) is 12.3 Å². The molecular weight excluding hydrogens is 176 g/mol. The van der Waals surface area contributed by atoms with Crippen molar-refractivity contribution >= 4 is 0 Å². The fraction of sp³-hybridized carbons (Fsp3) is 0.600. The number of nitrogens with two attached hydrogens (primary N) is 1. The smallest absolute Gasteiger partial charge is 0.0691 e. The Kier molecular flexibility index (Phi) is 2.74. The highest BCUT2D eigenvalue weighted by Gasteiger charge is 2.24. The Bertz CT molecular complexity index is 313. The minimum Gasteiger partial charge on any atom is -0.330 e. The van der Waals surface area contributed by atoms with Crippen LogP contribution >= 0.6 is 0 Å². The molecule has 0 aromatic carbocycles. The van der Waals surface area contributed by atoms with Crippen LogP contribution in [0.4, 0.5) is 0 Å². The van der Waals surface area contributed by atoms with Crippen molar-refractivity contribution in [3.05, 3.63) is 23.5 Å². The van der Waals surface area contributed by atoms with Crippen LogP contribution in [-0.4, -0.2) is 35.2 Å². The molecule has 1 aliphatic rings. The largest absolute Gasteiger partial charge is 0.330 e. The van der Waals surface area contributed by atoms with Gasteiger partial charge in [-0.1, -0.05) is 0 Å². The standard InChI is InChI=1S/C10H16N4/c1-14-7-4-9-8(3-6-12-13-9)10(14)2-5-11/h3,6,10H,2,4-5,7,11H2,1H3. The van der Waals surface area contributed by atoms with Crippen LogP contribution < -0.4 is 5.73 Å². The molecule has 1 aromatic heterocycles. The number of fused-ring (bicyclic) bond motifs is 1. The number of rotatable bonds is 2. The molecule has 0 radical (unpaired) electrons. The molecule has 1 unspecified atom stereocenters. The Hall–Kier alpha value is -1.00. The third-order valence-corrected chi connectivity index (χ3v) is 2.86. The summed E-state index contributed by atoms with van der Waals surface area (Å²) in [6.07, 6.45) is 3.76. The van der Waals surface area contributed by atoms with Gasteiger partial charge in [-0.3, -0.25) is 4.90 Å². The molecule has 2 heterocycles. The van der Waals surface area contributed by atoms with Crippen LogP contribution in [0.1, 0.15) is 23.7 Å². The molecule has 0 saturated carbocycles. The van der Waals surface area contributed by atoms with Gasteiger partial charge in [0, 0.05) is 25.2 Å². The number of likely N-dealkylation sites (N-methyl/N-ethyl adjacent to an activating group) is 1. The third kappa shape index (κ3) is 1.63. The Labute approximate surface area is 84.1 Å². The molecule has 4 nitrogen and oxygen atoms in total. The van der Waals surface area contributed by atoms with E-state index < -0.39 is 0 Å². The second kappa shape index (κ2) is 4.02. The van der Waals surface area contributed by atoms with Gasteiger partial charge in [-0.05, 0) is 31.6 Å². The van der Waals surface area contributed by atoms with Gasteiger partial charge in [0.1, 0.15) is 0 Å². The van der Waals surface area contributed by atoms with E-state index in [4.69, 9.17) is 5.73 Å². The van der Waals surface area contributed by atoms with Gasteiger partial charge in [0.25, 0.3) is 0 Å². The summed E-state index contributed by atoms with van der Waals surface area (Å²) >= 11 is 0. The highest BCUT2D eigenvalue weighted by molar-refractivity contribution is 5.24. The summed E-state index contributed by atoms with van der Waals surface area (Å²) in [6.45, 7) is 1.77. The molecule has 0 aliphatic carbocycles. The molecule has 0 saturated heterocycles. The van der Waals surface area contributed by atoms with Crippen molar-refractivity contribution in [1.29, 1.82) is 0 Å². The van der Waals surface area contributed by atoms with E-state index in [-0.39, 0.29) is 0 Å². The number of nitrogens with zero attached hydrogens (tertiary/aromatic N) is 3. The van der Waals surface area contributed by atoms with Crippen molar-refractivity contribution in [2.24, 2.45) is 5.73 Å². The average Bonchev–Trinajstić information content (AvgIpc) is 2.23. The van der Waals surface area contributed by atoms with Gasteiger partial charge in [0.05, 0.1) is 5.69 Å². The molecule has 0 spiro atoms. The van der Waals surface area contributed by atoms with Crippen LogP contribution in [0.2, 0.25) is 0 Å². The Morgan fingerprint density at radius 3 is 3.29 bits per heavy atom. The summed E-state index contributed by atoms with van der Waals surface area (Å²) in [5, 5.41) is 8.09. The lowest BCUT2D eigenvalue weighted by molar-refractivity contribution is 0.219. The fourth-order valence-electron chi connectivity index (χ4n) is 2.08. The lowest BCUT2D eigenvalue weighted by atomic mass is 9.96. The minimum atomic E-state index is 0.430. The second-order valence-electron chi connectivity index (χ2n) is 3.76. The summed E-state index contributed by atoms with van der Waals surface area (Å²) in [4.78, 5) is 2.34. The van der Waals surface area contributed by atoms with Crippen LogP contribution in [0.3, 0.4) is 0 Å². The second-order valence-corrected chi connectivity index (χ2v) is 3.76. The number of hydrogen-bond acceptors (Lipinski definition) is 4. The first kappa shape index (κ1) is 9.55. The van der Waals surface area contributed by atoms with Gasteiger partial charge in [-0.2, -0.15) is 10.2 Å². The van der Waals surface area contributed by atoms with E-state index in [1.165, 1.54) is 5.56 Å². The molecule has 4 heteroatoms. The molecule has 1 aliphatic heterocycles. The van der Waals surface area contributed by atoms with Gasteiger partial charge in [-0.25, -0.2) is 0 Å². The maximum atomic E-state index is 5.62. The van der Waals surface area contributed by atoms with Gasteiger partial charge < -0.3 is 5.73 Å². The molecule has 0 amide bonds. The highest BCUT2D eigenvalue weighted by atomic mass is 15.2. The van der Waals surface area contributed by atoms with Crippen molar-refractivity contribution in [3.8, 4) is 0 Å². The molecule has 0 bridgehead atoms. The third-order valence-electron chi connectivity index (χ3n) is 2.86. The van der Waals surface area contributed by atoms with Crippen molar-refractivity contribution in [2.75, 3.05) is 20.1 Å². The number of aromatic nitrogens is 2. The van der Waals surface area contributed by atoms with Crippen molar-refractivity contribution < 1.29 is 0 Å². The quantitative estimate of drug-likeness (QED) is 0.735.